The van der Waals surface area contributed by atoms with E-state index in [9.17, 15) is 14.7 Å². The van der Waals surface area contributed by atoms with Crippen molar-refractivity contribution in [3.05, 3.63) is 69.3 Å². The number of benzene rings is 2. The summed E-state index contributed by atoms with van der Waals surface area (Å²) in [5.41, 5.74) is 1.63. The van der Waals surface area contributed by atoms with Crippen LogP contribution in [0.3, 0.4) is 0 Å². The fourth-order valence-electron chi connectivity index (χ4n) is 4.81. The predicted molar refractivity (Wildman–Crippen MR) is 129 cm³/mol. The molecule has 2 atom stereocenters. The first kappa shape index (κ1) is 22.8. The Kier molecular flexibility index (Phi) is 6.02. The lowest BCUT2D eigenvalue weighted by Gasteiger charge is -2.27. The minimum Gasteiger partial charge on any atom is -0.507 e. The van der Waals surface area contributed by atoms with E-state index in [1.54, 1.807) is 6.20 Å². The minimum absolute atomic E-state index is 0.0515. The molecule has 2 aliphatic heterocycles. The summed E-state index contributed by atoms with van der Waals surface area (Å²) in [7, 11) is 1.40. The van der Waals surface area contributed by atoms with Crippen molar-refractivity contribution < 1.29 is 24.2 Å². The second kappa shape index (κ2) is 8.98. The topological polar surface area (TPSA) is 91.9 Å². The largest absolute Gasteiger partial charge is 0.507 e. The summed E-state index contributed by atoms with van der Waals surface area (Å²) in [5, 5.41) is 12.7. The van der Waals surface area contributed by atoms with E-state index >= 15 is 0 Å². The molecule has 0 radical (unpaired) electrons. The third kappa shape index (κ3) is 3.74. The van der Waals surface area contributed by atoms with Gasteiger partial charge in [0.05, 0.1) is 35.4 Å². The molecule has 1 amide bonds. The molecule has 176 valence electrons. The molecule has 34 heavy (non-hydrogen) atoms. The summed E-state index contributed by atoms with van der Waals surface area (Å²) in [5.74, 6) is -1.72. The fourth-order valence-corrected chi connectivity index (χ4v) is 5.38. The van der Waals surface area contributed by atoms with Crippen molar-refractivity contribution in [2.75, 3.05) is 20.3 Å². The van der Waals surface area contributed by atoms with Gasteiger partial charge in [-0.25, -0.2) is 0 Å². The summed E-state index contributed by atoms with van der Waals surface area (Å²) < 4.78 is 11.1. The zero-order valence-corrected chi connectivity index (χ0v) is 19.8. The highest BCUT2D eigenvalue weighted by Gasteiger charge is 2.48. The SMILES string of the molecule is COc1c(Cl)cc(Cl)cc1/C(O)=C1\C(=O)C(=O)N(CC2CCCO2)C1c1c[nH]c2ccccc12. The number of hydrogen-bond acceptors (Lipinski definition) is 5. The van der Waals surface area contributed by atoms with Crippen molar-refractivity contribution in [3.8, 4) is 5.75 Å². The normalized spacial score (nSPS) is 22.1. The Morgan fingerprint density at radius 1 is 1.26 bits per heavy atom. The number of aromatic nitrogens is 1. The van der Waals surface area contributed by atoms with Gasteiger partial charge in [0.25, 0.3) is 11.7 Å². The van der Waals surface area contributed by atoms with E-state index in [0.717, 1.165) is 23.7 Å². The lowest BCUT2D eigenvalue weighted by molar-refractivity contribution is -0.140. The molecule has 7 nitrogen and oxygen atoms in total. The molecular formula is C25H22Cl2N2O5. The maximum atomic E-state index is 13.3. The van der Waals surface area contributed by atoms with E-state index in [1.165, 1.54) is 24.1 Å². The summed E-state index contributed by atoms with van der Waals surface area (Å²) in [4.78, 5) is 31.3. The van der Waals surface area contributed by atoms with Crippen LogP contribution in [0.2, 0.25) is 10.0 Å². The van der Waals surface area contributed by atoms with Crippen LogP contribution >= 0.6 is 23.2 Å². The number of aliphatic hydroxyl groups excluding tert-OH is 1. The lowest BCUT2D eigenvalue weighted by atomic mass is 9.94. The van der Waals surface area contributed by atoms with Crippen LogP contribution < -0.4 is 4.74 Å². The fraction of sp³-hybridized carbons (Fsp3) is 0.280. The molecule has 1 aromatic heterocycles. The van der Waals surface area contributed by atoms with Crippen LogP contribution in [0.25, 0.3) is 16.7 Å². The number of carbonyl (C=O) groups excluding carboxylic acids is 2. The number of hydrogen-bond donors (Lipinski definition) is 2. The number of aromatic amines is 1. The van der Waals surface area contributed by atoms with Gasteiger partial charge in [-0.15, -0.1) is 0 Å². The van der Waals surface area contributed by atoms with Crippen LogP contribution in [-0.4, -0.2) is 53.0 Å². The molecule has 2 saturated heterocycles. The third-order valence-electron chi connectivity index (χ3n) is 6.35. The number of methoxy groups -OCH3 is 1. The standard InChI is InChI=1S/C25H22Cl2N2O5/c1-33-24-16(9-13(26)10-18(24)27)22(30)20-21(17-11-28-19-7-3-2-6-15(17)19)29(25(32)23(20)31)12-14-5-4-8-34-14/h2-3,6-7,9-11,14,21,28,30H,4-5,8,12H2,1H3/b22-20+. The molecule has 0 spiro atoms. The molecule has 5 rings (SSSR count). The molecular weight excluding hydrogens is 479 g/mol. The van der Waals surface area contributed by atoms with E-state index in [-0.39, 0.29) is 39.6 Å². The van der Waals surface area contributed by atoms with Gasteiger partial charge in [-0.3, -0.25) is 9.59 Å². The Morgan fingerprint density at radius 2 is 2.06 bits per heavy atom. The number of halogens is 2. The highest BCUT2D eigenvalue weighted by molar-refractivity contribution is 6.47. The predicted octanol–water partition coefficient (Wildman–Crippen LogP) is 5.08. The number of carbonyl (C=O) groups is 2. The van der Waals surface area contributed by atoms with Crippen LogP contribution in [0.1, 0.15) is 30.0 Å². The van der Waals surface area contributed by atoms with Gasteiger partial charge in [-0.2, -0.15) is 0 Å². The molecule has 0 aliphatic carbocycles. The quantitative estimate of drug-likeness (QED) is 0.289. The highest BCUT2D eigenvalue weighted by atomic mass is 35.5. The van der Waals surface area contributed by atoms with Crippen LogP contribution in [-0.2, 0) is 14.3 Å². The molecule has 0 saturated carbocycles. The highest BCUT2D eigenvalue weighted by Crippen LogP contribution is 2.45. The zero-order chi connectivity index (χ0) is 24.0. The molecule has 2 aromatic carbocycles. The monoisotopic (exact) mass is 500 g/mol. The number of likely N-dealkylation sites (tertiary alicyclic amines) is 1. The van der Waals surface area contributed by atoms with Gasteiger partial charge >= 0.3 is 0 Å². The number of fused-ring (bicyclic) bond motifs is 1. The maximum Gasteiger partial charge on any atom is 0.295 e. The molecule has 9 heteroatoms. The maximum absolute atomic E-state index is 13.3. The Balaban J connectivity index is 1.73. The van der Waals surface area contributed by atoms with E-state index in [0.29, 0.717) is 12.2 Å². The van der Waals surface area contributed by atoms with Crippen molar-refractivity contribution in [1.82, 2.24) is 9.88 Å². The molecule has 3 heterocycles. The number of nitrogens with one attached hydrogen (secondary N) is 1. The van der Waals surface area contributed by atoms with Crippen LogP contribution in [0, 0.1) is 0 Å². The van der Waals surface area contributed by atoms with Gasteiger partial charge in [-0.1, -0.05) is 41.4 Å². The number of nitrogens with zero attached hydrogens (tertiary/aromatic N) is 1. The van der Waals surface area contributed by atoms with E-state index < -0.39 is 23.5 Å². The van der Waals surface area contributed by atoms with Crippen molar-refractivity contribution in [2.24, 2.45) is 0 Å². The van der Waals surface area contributed by atoms with Crippen LogP contribution in [0.4, 0.5) is 0 Å². The average Bonchev–Trinajstić information content (AvgIpc) is 3.54. The van der Waals surface area contributed by atoms with E-state index in [1.807, 2.05) is 24.3 Å². The number of para-hydroxylation sites is 1. The van der Waals surface area contributed by atoms with Crippen molar-refractivity contribution in [1.29, 1.82) is 0 Å². The Morgan fingerprint density at radius 3 is 2.79 bits per heavy atom. The number of rotatable bonds is 5. The van der Waals surface area contributed by atoms with Crippen molar-refractivity contribution in [3.63, 3.8) is 0 Å². The molecule has 2 aliphatic rings. The lowest BCUT2D eigenvalue weighted by Crippen LogP contribution is -2.36. The molecule has 2 unspecified atom stereocenters. The number of aliphatic hydroxyl groups is 1. The smallest absolute Gasteiger partial charge is 0.295 e. The van der Waals surface area contributed by atoms with Crippen LogP contribution in [0.5, 0.6) is 5.75 Å². The number of ketones is 1. The van der Waals surface area contributed by atoms with E-state index in [2.05, 4.69) is 4.98 Å². The number of Topliss-reactive ketones (excluding diaryl/α,β-unsaturated/α-hetero) is 1. The Hall–Kier alpha value is -3.00. The minimum atomic E-state index is -0.831. The number of H-pyrrole nitrogens is 1. The van der Waals surface area contributed by atoms with Gasteiger partial charge in [0.2, 0.25) is 0 Å². The van der Waals surface area contributed by atoms with Gasteiger partial charge in [0.1, 0.15) is 11.5 Å². The van der Waals surface area contributed by atoms with Crippen molar-refractivity contribution in [2.45, 2.75) is 25.0 Å². The molecule has 2 fully saturated rings. The Labute approximate surface area is 205 Å². The first-order valence-electron chi connectivity index (χ1n) is 10.9. The number of amides is 1. The van der Waals surface area contributed by atoms with E-state index in [4.69, 9.17) is 32.7 Å². The van der Waals surface area contributed by atoms with Gasteiger partial charge < -0.3 is 24.5 Å². The van der Waals surface area contributed by atoms with Gasteiger partial charge in [-0.05, 0) is 31.0 Å². The second-order valence-electron chi connectivity index (χ2n) is 8.34. The third-order valence-corrected chi connectivity index (χ3v) is 6.85. The Bertz CT molecular complexity index is 1330. The number of ether oxygens (including phenoxy) is 2. The van der Waals surface area contributed by atoms with Gasteiger partial charge in [0.15, 0.2) is 0 Å². The first-order chi connectivity index (χ1) is 16.4. The molecule has 2 N–H and O–H groups in total. The molecule has 3 aromatic rings. The summed E-state index contributed by atoms with van der Waals surface area (Å²) in [6, 6.07) is 9.70. The first-order valence-corrected chi connectivity index (χ1v) is 11.7. The van der Waals surface area contributed by atoms with Gasteiger partial charge in [0, 0.05) is 40.8 Å². The van der Waals surface area contributed by atoms with Crippen molar-refractivity contribution >= 4 is 51.6 Å². The van der Waals surface area contributed by atoms with Crippen LogP contribution in [0.15, 0.2) is 48.2 Å². The summed E-state index contributed by atoms with van der Waals surface area (Å²) in [6.07, 6.45) is 3.27. The summed E-state index contributed by atoms with van der Waals surface area (Å²) >= 11 is 12.5. The summed E-state index contributed by atoms with van der Waals surface area (Å²) in [6.45, 7) is 0.851. The molecule has 0 bridgehead atoms. The second-order valence-corrected chi connectivity index (χ2v) is 9.19. The average molecular weight is 501 g/mol. The zero-order valence-electron chi connectivity index (χ0n) is 18.3.